The van der Waals surface area contributed by atoms with Crippen molar-refractivity contribution in [1.29, 1.82) is 0 Å². The standard InChI is InChI=1S/C17H32S/c1-7-13(3)12-16(18-14-10-9-11-14)15(8-2)17(4,5)6/h12-15H,7-11H2,1-6H3/b16-12+. The molecule has 1 heteroatoms. The van der Waals surface area contributed by atoms with Gasteiger partial charge in [-0.25, -0.2) is 0 Å². The number of rotatable bonds is 6. The molecule has 0 aromatic carbocycles. The maximum absolute atomic E-state index is 2.57. The first kappa shape index (κ1) is 16.1. The van der Waals surface area contributed by atoms with Gasteiger partial charge in [-0.1, -0.05) is 60.5 Å². The molecule has 106 valence electrons. The van der Waals surface area contributed by atoms with E-state index >= 15 is 0 Å². The molecule has 0 spiro atoms. The van der Waals surface area contributed by atoms with Gasteiger partial charge in [-0.3, -0.25) is 0 Å². The van der Waals surface area contributed by atoms with Crippen LogP contribution in [0.3, 0.4) is 0 Å². The molecule has 1 rings (SSSR count). The van der Waals surface area contributed by atoms with Crippen molar-refractivity contribution in [2.24, 2.45) is 17.3 Å². The maximum atomic E-state index is 2.57. The Labute approximate surface area is 119 Å². The van der Waals surface area contributed by atoms with Gasteiger partial charge in [0, 0.05) is 5.25 Å². The SMILES string of the molecule is CCC(C)/C=C(/SC1CCC1)C(CC)C(C)(C)C. The van der Waals surface area contributed by atoms with Crippen LogP contribution in [0.2, 0.25) is 0 Å². The van der Waals surface area contributed by atoms with Crippen LogP contribution < -0.4 is 0 Å². The van der Waals surface area contributed by atoms with E-state index in [9.17, 15) is 0 Å². The molecule has 0 saturated heterocycles. The Kier molecular flexibility index (Phi) is 6.30. The van der Waals surface area contributed by atoms with E-state index in [0.29, 0.717) is 5.41 Å². The van der Waals surface area contributed by atoms with Crippen molar-refractivity contribution in [2.75, 3.05) is 0 Å². The highest BCUT2D eigenvalue weighted by atomic mass is 32.2. The zero-order valence-electron chi connectivity index (χ0n) is 13.3. The number of hydrogen-bond donors (Lipinski definition) is 0. The molecule has 1 aliphatic rings. The van der Waals surface area contributed by atoms with E-state index in [-0.39, 0.29) is 0 Å². The lowest BCUT2D eigenvalue weighted by Crippen LogP contribution is -2.23. The van der Waals surface area contributed by atoms with Gasteiger partial charge in [0.1, 0.15) is 0 Å². The zero-order chi connectivity index (χ0) is 13.8. The molecule has 2 unspecified atom stereocenters. The first-order chi connectivity index (χ1) is 8.38. The highest BCUT2D eigenvalue weighted by Gasteiger charge is 2.30. The Balaban J connectivity index is 2.82. The topological polar surface area (TPSA) is 0 Å². The van der Waals surface area contributed by atoms with Crippen molar-refractivity contribution in [3.63, 3.8) is 0 Å². The predicted octanol–water partition coefficient (Wildman–Crippen LogP) is 6.27. The third kappa shape index (κ3) is 4.64. The van der Waals surface area contributed by atoms with Gasteiger partial charge < -0.3 is 0 Å². The Bertz CT molecular complexity index is 268. The van der Waals surface area contributed by atoms with Gasteiger partial charge in [0.25, 0.3) is 0 Å². The molecule has 1 aliphatic carbocycles. The smallest absolute Gasteiger partial charge is 0.00912 e. The summed E-state index contributed by atoms with van der Waals surface area (Å²) in [6.07, 6.45) is 9.41. The van der Waals surface area contributed by atoms with Crippen LogP contribution in [-0.2, 0) is 0 Å². The fourth-order valence-corrected chi connectivity index (χ4v) is 4.51. The second-order valence-electron chi connectivity index (χ2n) is 6.95. The van der Waals surface area contributed by atoms with E-state index in [1.165, 1.54) is 32.1 Å². The van der Waals surface area contributed by atoms with Crippen LogP contribution in [-0.4, -0.2) is 5.25 Å². The van der Waals surface area contributed by atoms with Gasteiger partial charge in [0.2, 0.25) is 0 Å². The molecule has 0 nitrogen and oxygen atoms in total. The summed E-state index contributed by atoms with van der Waals surface area (Å²) in [4.78, 5) is 1.68. The van der Waals surface area contributed by atoms with Crippen molar-refractivity contribution in [1.82, 2.24) is 0 Å². The van der Waals surface area contributed by atoms with Crippen LogP contribution in [0.15, 0.2) is 11.0 Å². The highest BCUT2D eigenvalue weighted by Crippen LogP contribution is 2.45. The van der Waals surface area contributed by atoms with Crippen molar-refractivity contribution in [3.8, 4) is 0 Å². The average molecular weight is 269 g/mol. The molecule has 0 aromatic rings. The van der Waals surface area contributed by atoms with Crippen LogP contribution in [0.1, 0.15) is 73.6 Å². The van der Waals surface area contributed by atoms with Gasteiger partial charge in [-0.2, -0.15) is 0 Å². The lowest BCUT2D eigenvalue weighted by atomic mass is 9.78. The fourth-order valence-electron chi connectivity index (χ4n) is 2.56. The third-order valence-corrected chi connectivity index (χ3v) is 5.74. The summed E-state index contributed by atoms with van der Waals surface area (Å²) < 4.78 is 0. The predicted molar refractivity (Wildman–Crippen MR) is 86.0 cm³/mol. The number of thioether (sulfide) groups is 1. The summed E-state index contributed by atoms with van der Waals surface area (Å²) >= 11 is 2.20. The summed E-state index contributed by atoms with van der Waals surface area (Å²) in [5.41, 5.74) is 0.394. The van der Waals surface area contributed by atoms with Crippen LogP contribution in [0.4, 0.5) is 0 Å². The average Bonchev–Trinajstić information content (AvgIpc) is 2.21. The van der Waals surface area contributed by atoms with Gasteiger partial charge in [0.15, 0.2) is 0 Å². The largest absolute Gasteiger partial charge is 0.127 e. The minimum absolute atomic E-state index is 0.394. The van der Waals surface area contributed by atoms with E-state index in [4.69, 9.17) is 0 Å². The zero-order valence-corrected chi connectivity index (χ0v) is 14.1. The normalized spacial score (nSPS) is 21.6. The molecular weight excluding hydrogens is 236 g/mol. The summed E-state index contributed by atoms with van der Waals surface area (Å²) in [7, 11) is 0. The molecule has 0 aromatic heterocycles. The lowest BCUT2D eigenvalue weighted by Gasteiger charge is -2.36. The van der Waals surface area contributed by atoms with Crippen molar-refractivity contribution in [3.05, 3.63) is 11.0 Å². The summed E-state index contributed by atoms with van der Waals surface area (Å²) in [6.45, 7) is 14.2. The maximum Gasteiger partial charge on any atom is 0.00912 e. The molecule has 0 radical (unpaired) electrons. The molecule has 1 fully saturated rings. The van der Waals surface area contributed by atoms with Gasteiger partial charge in [0.05, 0.1) is 0 Å². The van der Waals surface area contributed by atoms with Crippen molar-refractivity contribution >= 4 is 11.8 Å². The molecule has 0 heterocycles. The summed E-state index contributed by atoms with van der Waals surface area (Å²) in [5.74, 6) is 1.46. The molecule has 0 bridgehead atoms. The molecule has 1 saturated carbocycles. The summed E-state index contributed by atoms with van der Waals surface area (Å²) in [5, 5.41) is 0.914. The lowest BCUT2D eigenvalue weighted by molar-refractivity contribution is 0.280. The number of allylic oxidation sites excluding steroid dienone is 2. The van der Waals surface area contributed by atoms with Crippen LogP contribution in [0, 0.1) is 17.3 Å². The molecule has 18 heavy (non-hydrogen) atoms. The van der Waals surface area contributed by atoms with Gasteiger partial charge in [-0.15, -0.1) is 11.8 Å². The molecular formula is C17H32S. The summed E-state index contributed by atoms with van der Waals surface area (Å²) in [6, 6.07) is 0. The van der Waals surface area contributed by atoms with Crippen LogP contribution in [0.25, 0.3) is 0 Å². The molecule has 0 N–H and O–H groups in total. The minimum Gasteiger partial charge on any atom is -0.127 e. The number of hydrogen-bond acceptors (Lipinski definition) is 1. The van der Waals surface area contributed by atoms with Crippen molar-refractivity contribution < 1.29 is 0 Å². The van der Waals surface area contributed by atoms with E-state index in [2.05, 4.69) is 59.4 Å². The first-order valence-electron chi connectivity index (χ1n) is 7.76. The van der Waals surface area contributed by atoms with Gasteiger partial charge in [-0.05, 0) is 41.4 Å². The molecule has 0 aliphatic heterocycles. The van der Waals surface area contributed by atoms with Crippen LogP contribution in [0.5, 0.6) is 0 Å². The quantitative estimate of drug-likeness (QED) is 0.546. The fraction of sp³-hybridized carbons (Fsp3) is 0.882. The Morgan fingerprint density at radius 2 is 1.83 bits per heavy atom. The first-order valence-corrected chi connectivity index (χ1v) is 8.64. The monoisotopic (exact) mass is 268 g/mol. The minimum atomic E-state index is 0.394. The molecule has 2 atom stereocenters. The van der Waals surface area contributed by atoms with E-state index < -0.39 is 0 Å². The molecule has 0 amide bonds. The third-order valence-electron chi connectivity index (χ3n) is 4.24. The highest BCUT2D eigenvalue weighted by molar-refractivity contribution is 8.03. The second kappa shape index (κ2) is 7.03. The van der Waals surface area contributed by atoms with Crippen LogP contribution >= 0.6 is 11.8 Å². The Morgan fingerprint density at radius 1 is 1.22 bits per heavy atom. The second-order valence-corrected chi connectivity index (χ2v) is 8.33. The van der Waals surface area contributed by atoms with Gasteiger partial charge >= 0.3 is 0 Å². The van der Waals surface area contributed by atoms with Crippen molar-refractivity contribution in [2.45, 2.75) is 78.9 Å². The van der Waals surface area contributed by atoms with E-state index in [0.717, 1.165) is 17.1 Å². The Hall–Kier alpha value is 0.0900. The Morgan fingerprint density at radius 3 is 2.17 bits per heavy atom. The van der Waals surface area contributed by atoms with E-state index in [1.807, 2.05) is 0 Å². The van der Waals surface area contributed by atoms with E-state index in [1.54, 1.807) is 4.91 Å².